The molecule has 1 aliphatic heterocycles. The molecule has 1 aliphatic rings. The molecule has 6 aromatic rings. The molecule has 0 aliphatic carbocycles. The Morgan fingerprint density at radius 2 is 1.67 bits per heavy atom. The van der Waals surface area contributed by atoms with Gasteiger partial charge in [-0.05, 0) is 67.4 Å². The van der Waals surface area contributed by atoms with E-state index in [1.807, 2.05) is 60.7 Å². The number of allylic oxidation sites excluding steroid dienone is 1. The molecule has 1 atom stereocenters. The van der Waals surface area contributed by atoms with Gasteiger partial charge in [0.1, 0.15) is 12.3 Å². The zero-order valence-corrected chi connectivity index (χ0v) is 30.7. The third kappa shape index (κ3) is 7.35. The first kappa shape index (κ1) is 36.4. The normalized spacial score (nSPS) is 13.9. The number of methoxy groups -OCH3 is 1. The lowest BCUT2D eigenvalue weighted by Crippen LogP contribution is -2.39. The molecule has 0 amide bonds. The molecule has 1 unspecified atom stereocenters. The van der Waals surface area contributed by atoms with E-state index in [-0.39, 0.29) is 34.8 Å². The fourth-order valence-electron chi connectivity index (χ4n) is 6.27. The van der Waals surface area contributed by atoms with Crippen LogP contribution in [0.2, 0.25) is 0 Å². The lowest BCUT2D eigenvalue weighted by molar-refractivity contribution is -0.385. The fraction of sp³-hybridized carbons (Fsp3) is 0.146. The van der Waals surface area contributed by atoms with E-state index in [4.69, 9.17) is 24.3 Å². The third-order valence-corrected chi connectivity index (χ3v) is 9.86. The van der Waals surface area contributed by atoms with Crippen LogP contribution in [0.15, 0.2) is 130 Å². The van der Waals surface area contributed by atoms with E-state index in [0.717, 1.165) is 22.6 Å². The maximum Gasteiger partial charge on any atom is 0.338 e. The fourth-order valence-corrected chi connectivity index (χ4v) is 7.31. The van der Waals surface area contributed by atoms with Crippen LogP contribution in [0.1, 0.15) is 46.9 Å². The molecule has 7 rings (SSSR count). The Balaban J connectivity index is 1.38. The second-order valence-corrected chi connectivity index (χ2v) is 13.4. The van der Waals surface area contributed by atoms with Crippen molar-refractivity contribution < 1.29 is 28.7 Å². The van der Waals surface area contributed by atoms with Crippen LogP contribution >= 0.6 is 11.3 Å². The lowest BCUT2D eigenvalue weighted by atomic mass is 9.95. The van der Waals surface area contributed by atoms with Crippen molar-refractivity contribution in [2.24, 2.45) is 4.99 Å². The summed E-state index contributed by atoms with van der Waals surface area (Å²) in [7, 11) is 1.28. The van der Waals surface area contributed by atoms with Gasteiger partial charge in [-0.15, -0.1) is 0 Å². The van der Waals surface area contributed by atoms with Crippen LogP contribution in [0.25, 0.3) is 23.0 Å². The number of hydrogen-bond acceptors (Lipinski definition) is 11. The first-order valence-corrected chi connectivity index (χ1v) is 18.0. The number of esters is 2. The molecule has 0 saturated carbocycles. The van der Waals surface area contributed by atoms with E-state index in [9.17, 15) is 24.5 Å². The summed E-state index contributed by atoms with van der Waals surface area (Å²) < 4.78 is 19.5. The van der Waals surface area contributed by atoms with Gasteiger partial charge in [0.2, 0.25) is 0 Å². The standard InChI is InChI=1S/C41H33N5O8S/c1-4-53-33-20-19-29(21-32(33)46(50)51)36-30(23-44(43-36)31-13-9-6-10-14-31)22-34-38(47)45-37(27-15-17-28(18-16-27)39(48)52-3)35(25(2)42-41(45)55-34)40(49)54-24-26-11-7-5-8-12-26/h5-23,37H,4,24H2,1-3H3. The maximum absolute atomic E-state index is 14.6. The highest BCUT2D eigenvalue weighted by atomic mass is 32.1. The maximum atomic E-state index is 14.6. The van der Waals surface area contributed by atoms with Gasteiger partial charge in [-0.25, -0.2) is 19.3 Å². The minimum Gasteiger partial charge on any atom is -0.487 e. The lowest BCUT2D eigenvalue weighted by Gasteiger charge is -2.25. The van der Waals surface area contributed by atoms with Gasteiger partial charge >= 0.3 is 17.6 Å². The molecule has 55 heavy (non-hydrogen) atoms. The molecular weight excluding hydrogens is 723 g/mol. The van der Waals surface area contributed by atoms with Gasteiger partial charge in [0.15, 0.2) is 10.6 Å². The number of aromatic nitrogens is 3. The summed E-state index contributed by atoms with van der Waals surface area (Å²) in [5.74, 6) is -1.05. The minimum absolute atomic E-state index is 0.00671. The minimum atomic E-state index is -0.950. The van der Waals surface area contributed by atoms with Gasteiger partial charge in [0.05, 0.1) is 51.7 Å². The number of rotatable bonds is 11. The summed E-state index contributed by atoms with van der Waals surface area (Å²) >= 11 is 1.12. The number of fused-ring (bicyclic) bond motifs is 1. The molecule has 3 heterocycles. The number of carbonyl (C=O) groups excluding carboxylic acids is 2. The first-order chi connectivity index (χ1) is 26.7. The van der Waals surface area contributed by atoms with Crippen LogP contribution in [-0.2, 0) is 20.9 Å². The molecule has 0 radical (unpaired) electrons. The van der Waals surface area contributed by atoms with Crippen molar-refractivity contribution in [3.05, 3.63) is 173 Å². The van der Waals surface area contributed by atoms with Crippen molar-refractivity contribution >= 4 is 35.0 Å². The van der Waals surface area contributed by atoms with Crippen LogP contribution in [0, 0.1) is 10.1 Å². The Kier molecular flexibility index (Phi) is 10.3. The molecule has 0 N–H and O–H groups in total. The predicted octanol–water partition coefficient (Wildman–Crippen LogP) is 5.92. The number of thiazole rings is 1. The quantitative estimate of drug-likeness (QED) is 0.0889. The Morgan fingerprint density at radius 3 is 2.35 bits per heavy atom. The summed E-state index contributed by atoms with van der Waals surface area (Å²) in [5.41, 5.74) is 3.55. The number of para-hydroxylation sites is 1. The van der Waals surface area contributed by atoms with Gasteiger partial charge in [-0.2, -0.15) is 5.10 Å². The summed E-state index contributed by atoms with van der Waals surface area (Å²) in [6.45, 7) is 3.68. The number of nitro benzene ring substituents is 1. The van der Waals surface area contributed by atoms with Crippen LogP contribution in [0.3, 0.4) is 0 Å². The van der Waals surface area contributed by atoms with Crippen LogP contribution in [-0.4, -0.2) is 44.9 Å². The predicted molar refractivity (Wildman–Crippen MR) is 205 cm³/mol. The van der Waals surface area contributed by atoms with Crippen molar-refractivity contribution in [1.82, 2.24) is 14.3 Å². The van der Waals surface area contributed by atoms with Crippen molar-refractivity contribution in [3.8, 4) is 22.7 Å². The number of hydrogen-bond donors (Lipinski definition) is 0. The Bertz CT molecular complexity index is 2650. The molecular formula is C41H33N5O8S. The largest absolute Gasteiger partial charge is 0.487 e. The smallest absolute Gasteiger partial charge is 0.338 e. The summed E-state index contributed by atoms with van der Waals surface area (Å²) in [6, 6.07) is 28.7. The van der Waals surface area contributed by atoms with Gasteiger partial charge in [-0.3, -0.25) is 19.5 Å². The van der Waals surface area contributed by atoms with Crippen LogP contribution in [0.4, 0.5) is 5.69 Å². The number of benzene rings is 4. The molecule has 0 spiro atoms. The zero-order chi connectivity index (χ0) is 38.6. The number of ether oxygens (including phenoxy) is 3. The molecule has 4 aromatic carbocycles. The Labute approximate surface area is 317 Å². The molecule has 0 bridgehead atoms. The topological polar surface area (TPSA) is 157 Å². The monoisotopic (exact) mass is 755 g/mol. The van der Waals surface area contributed by atoms with E-state index < -0.39 is 28.5 Å². The van der Waals surface area contributed by atoms with Crippen molar-refractivity contribution in [2.75, 3.05) is 13.7 Å². The Morgan fingerprint density at radius 1 is 0.964 bits per heavy atom. The highest BCUT2D eigenvalue weighted by Gasteiger charge is 2.34. The highest BCUT2D eigenvalue weighted by molar-refractivity contribution is 7.07. The number of nitrogens with zero attached hydrogens (tertiary/aromatic N) is 5. The summed E-state index contributed by atoms with van der Waals surface area (Å²) in [4.78, 5) is 57.3. The second-order valence-electron chi connectivity index (χ2n) is 12.3. The second kappa shape index (κ2) is 15.6. The first-order valence-electron chi connectivity index (χ1n) is 17.2. The van der Waals surface area contributed by atoms with Crippen molar-refractivity contribution in [3.63, 3.8) is 0 Å². The van der Waals surface area contributed by atoms with E-state index in [0.29, 0.717) is 38.4 Å². The average Bonchev–Trinajstić information content (AvgIpc) is 3.77. The average molecular weight is 756 g/mol. The molecule has 0 saturated heterocycles. The number of nitro groups is 1. The van der Waals surface area contributed by atoms with Crippen LogP contribution < -0.4 is 19.6 Å². The van der Waals surface area contributed by atoms with Gasteiger partial charge < -0.3 is 14.2 Å². The van der Waals surface area contributed by atoms with Crippen LogP contribution in [0.5, 0.6) is 5.75 Å². The molecule has 14 heteroatoms. The molecule has 276 valence electrons. The van der Waals surface area contributed by atoms with Crippen molar-refractivity contribution in [1.29, 1.82) is 0 Å². The summed E-state index contributed by atoms with van der Waals surface area (Å²) in [6.07, 6.45) is 3.41. The summed E-state index contributed by atoms with van der Waals surface area (Å²) in [5, 5.41) is 16.9. The van der Waals surface area contributed by atoms with Gasteiger partial charge in [0.25, 0.3) is 5.56 Å². The van der Waals surface area contributed by atoms with E-state index in [2.05, 4.69) is 0 Å². The van der Waals surface area contributed by atoms with Gasteiger partial charge in [-0.1, -0.05) is 72.0 Å². The highest BCUT2D eigenvalue weighted by Crippen LogP contribution is 2.35. The molecule has 13 nitrogen and oxygen atoms in total. The SMILES string of the molecule is CCOc1ccc(-c2nn(-c3ccccc3)cc2C=c2sc3n(c2=O)C(c2ccc(C(=O)OC)cc2)C(C(=O)OCc2ccccc2)=C(C)N=3)cc1[N+](=O)[O-]. The Hall–Kier alpha value is -6.93. The third-order valence-electron chi connectivity index (χ3n) is 8.88. The zero-order valence-electron chi connectivity index (χ0n) is 29.9. The molecule has 0 fully saturated rings. The van der Waals surface area contributed by atoms with E-state index >= 15 is 0 Å². The number of carbonyl (C=O) groups is 2. The van der Waals surface area contributed by atoms with E-state index in [1.165, 1.54) is 23.8 Å². The van der Waals surface area contributed by atoms with Crippen molar-refractivity contribution in [2.45, 2.75) is 26.5 Å². The van der Waals surface area contributed by atoms with E-state index in [1.54, 1.807) is 61.1 Å². The van der Waals surface area contributed by atoms with Gasteiger partial charge in [0, 0.05) is 23.4 Å². The molecule has 2 aromatic heterocycles.